The Bertz CT molecular complexity index is 318. The van der Waals surface area contributed by atoms with Gasteiger partial charge < -0.3 is 20.6 Å². The molecule has 1 fully saturated rings. The molecular formula is C14H29N3O2. The van der Waals surface area contributed by atoms with Crippen molar-refractivity contribution >= 4 is 6.03 Å². The van der Waals surface area contributed by atoms with E-state index in [0.29, 0.717) is 6.54 Å². The molecule has 1 aliphatic carbocycles. The zero-order valence-corrected chi connectivity index (χ0v) is 12.9. The van der Waals surface area contributed by atoms with Crippen LogP contribution < -0.4 is 10.6 Å². The molecule has 0 bridgehead atoms. The lowest BCUT2D eigenvalue weighted by molar-refractivity contribution is 0.120. The Hall–Kier alpha value is -0.810. The predicted molar refractivity (Wildman–Crippen MR) is 77.1 cm³/mol. The van der Waals surface area contributed by atoms with Gasteiger partial charge in [0.1, 0.15) is 0 Å². The van der Waals surface area contributed by atoms with E-state index in [1.165, 1.54) is 0 Å². The van der Waals surface area contributed by atoms with E-state index in [2.05, 4.69) is 29.4 Å². The molecule has 0 aromatic carbocycles. The number of hydrogen-bond acceptors (Lipinski definition) is 3. The molecule has 2 atom stereocenters. The number of rotatable bonds is 5. The van der Waals surface area contributed by atoms with Crippen molar-refractivity contribution in [3.05, 3.63) is 0 Å². The number of aliphatic hydroxyl groups excluding tert-OH is 1. The molecule has 1 rings (SSSR count). The first-order valence-corrected chi connectivity index (χ1v) is 7.04. The summed E-state index contributed by atoms with van der Waals surface area (Å²) < 4.78 is 0. The van der Waals surface area contributed by atoms with Gasteiger partial charge in [-0.2, -0.15) is 0 Å². The maximum absolute atomic E-state index is 11.9. The molecule has 19 heavy (non-hydrogen) atoms. The van der Waals surface area contributed by atoms with Crippen molar-refractivity contribution in [2.24, 2.45) is 5.41 Å². The molecule has 2 amide bonds. The number of carbonyl (C=O) groups is 1. The predicted octanol–water partition coefficient (Wildman–Crippen LogP) is 1.18. The zero-order valence-electron chi connectivity index (χ0n) is 12.9. The van der Waals surface area contributed by atoms with E-state index >= 15 is 0 Å². The molecule has 1 aliphatic rings. The van der Waals surface area contributed by atoms with Crippen LogP contribution in [0, 0.1) is 5.41 Å². The van der Waals surface area contributed by atoms with Crippen LogP contribution in [0.25, 0.3) is 0 Å². The fourth-order valence-corrected chi connectivity index (χ4v) is 2.33. The van der Waals surface area contributed by atoms with E-state index in [9.17, 15) is 9.90 Å². The van der Waals surface area contributed by atoms with E-state index in [1.54, 1.807) is 0 Å². The van der Waals surface area contributed by atoms with Crippen LogP contribution in [0.4, 0.5) is 4.79 Å². The Morgan fingerprint density at radius 2 is 2.11 bits per heavy atom. The average Bonchev–Trinajstić information content (AvgIpc) is 2.69. The summed E-state index contributed by atoms with van der Waals surface area (Å²) in [5.74, 6) is 0. The Morgan fingerprint density at radius 1 is 1.47 bits per heavy atom. The van der Waals surface area contributed by atoms with Gasteiger partial charge in [0.25, 0.3) is 0 Å². The van der Waals surface area contributed by atoms with Crippen LogP contribution in [0.3, 0.4) is 0 Å². The summed E-state index contributed by atoms with van der Waals surface area (Å²) in [5.41, 5.74) is -0.248. The van der Waals surface area contributed by atoms with Crippen molar-refractivity contribution in [3.63, 3.8) is 0 Å². The molecule has 5 nitrogen and oxygen atoms in total. The highest BCUT2D eigenvalue weighted by molar-refractivity contribution is 5.74. The van der Waals surface area contributed by atoms with Gasteiger partial charge >= 0.3 is 6.03 Å². The lowest BCUT2D eigenvalue weighted by atomic mass is 9.86. The van der Waals surface area contributed by atoms with Crippen LogP contribution in [0.1, 0.15) is 40.0 Å². The van der Waals surface area contributed by atoms with Crippen molar-refractivity contribution in [1.29, 1.82) is 0 Å². The normalized spacial score (nSPS) is 27.6. The fourth-order valence-electron chi connectivity index (χ4n) is 2.33. The van der Waals surface area contributed by atoms with E-state index in [4.69, 9.17) is 0 Å². The number of nitrogens with one attached hydrogen (secondary N) is 2. The topological polar surface area (TPSA) is 64.6 Å². The van der Waals surface area contributed by atoms with Gasteiger partial charge in [0.15, 0.2) is 0 Å². The van der Waals surface area contributed by atoms with Gasteiger partial charge in [-0.15, -0.1) is 0 Å². The minimum atomic E-state index is -0.172. The van der Waals surface area contributed by atoms with Gasteiger partial charge in [-0.3, -0.25) is 0 Å². The lowest BCUT2D eigenvalue weighted by Crippen LogP contribution is -2.53. The molecule has 1 saturated carbocycles. The molecule has 0 radical (unpaired) electrons. The Balaban J connectivity index is 2.44. The molecule has 3 N–H and O–H groups in total. The molecule has 0 aromatic rings. The number of nitrogens with zero attached hydrogens (tertiary/aromatic N) is 1. The maximum Gasteiger partial charge on any atom is 0.315 e. The minimum absolute atomic E-state index is 0.0694. The third-order valence-corrected chi connectivity index (χ3v) is 4.64. The molecule has 2 unspecified atom stereocenters. The third kappa shape index (κ3) is 4.08. The monoisotopic (exact) mass is 271 g/mol. The molecule has 5 heteroatoms. The quantitative estimate of drug-likeness (QED) is 0.703. The summed E-state index contributed by atoms with van der Waals surface area (Å²) in [6.45, 7) is 6.92. The zero-order chi connectivity index (χ0) is 14.7. The summed E-state index contributed by atoms with van der Waals surface area (Å²) in [4.78, 5) is 14.0. The Morgan fingerprint density at radius 3 is 2.63 bits per heavy atom. The Labute approximate surface area is 116 Å². The number of urea groups is 1. The van der Waals surface area contributed by atoms with E-state index in [0.717, 1.165) is 19.3 Å². The standard InChI is InChI=1S/C14H29N3O2/c1-13(2,17(4)5)9-15-12(19)16-11-7-6-8-14(11,3)10-18/h11,18H,6-10H2,1-5H3,(H2,15,16,19). The minimum Gasteiger partial charge on any atom is -0.396 e. The molecule has 0 spiro atoms. The van der Waals surface area contributed by atoms with Gasteiger partial charge in [-0.05, 0) is 40.8 Å². The second-order valence-electron chi connectivity index (χ2n) is 6.79. The highest BCUT2D eigenvalue weighted by atomic mass is 16.3. The largest absolute Gasteiger partial charge is 0.396 e. The number of hydrogen-bond donors (Lipinski definition) is 3. The second-order valence-corrected chi connectivity index (χ2v) is 6.79. The lowest BCUT2D eigenvalue weighted by Gasteiger charge is -2.34. The molecule has 0 aliphatic heterocycles. The Kier molecular flexibility index (Phi) is 5.21. The first-order chi connectivity index (χ1) is 8.71. The smallest absolute Gasteiger partial charge is 0.315 e. The van der Waals surface area contributed by atoms with Crippen LogP contribution in [0.5, 0.6) is 0 Å². The number of carbonyl (C=O) groups excluding carboxylic acids is 1. The van der Waals surface area contributed by atoms with Gasteiger partial charge in [0, 0.05) is 23.5 Å². The van der Waals surface area contributed by atoms with Crippen molar-refractivity contribution in [2.45, 2.75) is 51.6 Å². The van der Waals surface area contributed by atoms with Crippen molar-refractivity contribution in [2.75, 3.05) is 27.2 Å². The first kappa shape index (κ1) is 16.2. The molecule has 0 aromatic heterocycles. The second kappa shape index (κ2) is 6.09. The fraction of sp³-hybridized carbons (Fsp3) is 0.929. The van der Waals surface area contributed by atoms with Gasteiger partial charge in [-0.1, -0.05) is 13.3 Å². The third-order valence-electron chi connectivity index (χ3n) is 4.64. The van der Waals surface area contributed by atoms with E-state index in [1.807, 2.05) is 21.0 Å². The average molecular weight is 271 g/mol. The molecular weight excluding hydrogens is 242 g/mol. The van der Waals surface area contributed by atoms with Crippen molar-refractivity contribution in [3.8, 4) is 0 Å². The van der Waals surface area contributed by atoms with Crippen LogP contribution in [-0.2, 0) is 0 Å². The van der Waals surface area contributed by atoms with Crippen LogP contribution in [-0.4, -0.2) is 54.9 Å². The summed E-state index contributed by atoms with van der Waals surface area (Å²) in [6.07, 6.45) is 2.98. The number of amides is 2. The van der Waals surface area contributed by atoms with Crippen LogP contribution in [0.15, 0.2) is 0 Å². The van der Waals surface area contributed by atoms with E-state index < -0.39 is 0 Å². The summed E-state index contributed by atoms with van der Waals surface area (Å²) in [6, 6.07) is -0.0681. The number of aliphatic hydroxyl groups is 1. The summed E-state index contributed by atoms with van der Waals surface area (Å²) in [7, 11) is 4.00. The highest BCUT2D eigenvalue weighted by Crippen LogP contribution is 2.37. The van der Waals surface area contributed by atoms with Gasteiger partial charge in [0.05, 0.1) is 6.61 Å². The number of likely N-dealkylation sites (N-methyl/N-ethyl adjacent to an activating group) is 1. The summed E-state index contributed by atoms with van der Waals surface area (Å²) >= 11 is 0. The van der Waals surface area contributed by atoms with Crippen LogP contribution in [0.2, 0.25) is 0 Å². The first-order valence-electron chi connectivity index (χ1n) is 7.04. The SMILES string of the molecule is CN(C)C(C)(C)CNC(=O)NC1CCCC1(C)CO. The summed E-state index contributed by atoms with van der Waals surface area (Å²) in [5, 5.41) is 15.4. The molecule has 0 heterocycles. The highest BCUT2D eigenvalue weighted by Gasteiger charge is 2.39. The van der Waals surface area contributed by atoms with E-state index in [-0.39, 0.29) is 29.6 Å². The van der Waals surface area contributed by atoms with Gasteiger partial charge in [0.2, 0.25) is 0 Å². The maximum atomic E-state index is 11.9. The molecule has 112 valence electrons. The van der Waals surface area contributed by atoms with Gasteiger partial charge in [-0.25, -0.2) is 4.79 Å². The van der Waals surface area contributed by atoms with Crippen molar-refractivity contribution in [1.82, 2.24) is 15.5 Å². The van der Waals surface area contributed by atoms with Crippen LogP contribution >= 0.6 is 0 Å². The van der Waals surface area contributed by atoms with Crippen molar-refractivity contribution < 1.29 is 9.90 Å². The molecule has 0 saturated heterocycles.